The van der Waals surface area contributed by atoms with Crippen LogP contribution in [0, 0.1) is 0 Å². The van der Waals surface area contributed by atoms with Gasteiger partial charge in [-0.05, 0) is 25.3 Å². The molecule has 13 heavy (non-hydrogen) atoms. The molecular weight excluding hydrogens is 180 g/mol. The van der Waals surface area contributed by atoms with Crippen LogP contribution in [0.5, 0.6) is 0 Å². The van der Waals surface area contributed by atoms with Crippen molar-refractivity contribution in [1.82, 2.24) is 9.55 Å². The van der Waals surface area contributed by atoms with Gasteiger partial charge in [-0.3, -0.25) is 0 Å². The van der Waals surface area contributed by atoms with Crippen molar-refractivity contribution in [3.05, 3.63) is 30.4 Å². The molecule has 1 unspecified atom stereocenters. The van der Waals surface area contributed by atoms with Crippen LogP contribution in [0.1, 0.15) is 12.7 Å². The first-order valence-electron chi connectivity index (χ1n) is 4.20. The highest BCUT2D eigenvalue weighted by Gasteiger charge is 2.17. The fourth-order valence-corrected chi connectivity index (χ4v) is 1.64. The van der Waals surface area contributed by atoms with Gasteiger partial charge < -0.3 is 4.57 Å². The summed E-state index contributed by atoms with van der Waals surface area (Å²) in [4.78, 5) is 4.23. The Kier molecular flexibility index (Phi) is 2.04. The molecule has 2 heterocycles. The van der Waals surface area contributed by atoms with Gasteiger partial charge in [0, 0.05) is 18.6 Å². The number of nitrogens with zero attached hydrogens (tertiary/aromatic N) is 2. The van der Waals surface area contributed by atoms with Gasteiger partial charge in [0.05, 0.1) is 4.75 Å². The fourth-order valence-electron chi connectivity index (χ4n) is 1.24. The third-order valence-corrected chi connectivity index (χ3v) is 3.42. The summed E-state index contributed by atoms with van der Waals surface area (Å²) in [5.74, 6) is 0.994. The third-order valence-electron chi connectivity index (χ3n) is 2.27. The molecule has 1 aliphatic rings. The second-order valence-corrected chi connectivity index (χ2v) is 4.52. The standard InChI is InChI=1S/C10H12N2S/c1-10(13-2)4-3-9-11-6-8-12(9)7-5-10/h3-8H,1-2H3. The summed E-state index contributed by atoms with van der Waals surface area (Å²) in [5.41, 5.74) is 0. The lowest BCUT2D eigenvalue weighted by molar-refractivity contribution is 1.02. The van der Waals surface area contributed by atoms with E-state index < -0.39 is 0 Å². The zero-order valence-corrected chi connectivity index (χ0v) is 8.58. The first kappa shape index (κ1) is 8.63. The van der Waals surface area contributed by atoms with Crippen LogP contribution in [-0.2, 0) is 0 Å². The molecule has 68 valence electrons. The molecule has 0 saturated carbocycles. The third kappa shape index (κ3) is 1.56. The number of imidazole rings is 1. The Morgan fingerprint density at radius 2 is 2.31 bits per heavy atom. The second-order valence-electron chi connectivity index (χ2n) is 3.23. The SMILES string of the molecule is CSC1(C)C=Cc2nccn2C=C1. The molecule has 0 aromatic carbocycles. The molecular formula is C10H12N2S. The molecule has 1 atom stereocenters. The summed E-state index contributed by atoms with van der Waals surface area (Å²) < 4.78 is 2.12. The van der Waals surface area contributed by atoms with Crippen molar-refractivity contribution < 1.29 is 0 Å². The molecule has 0 N–H and O–H groups in total. The van der Waals surface area contributed by atoms with Crippen LogP contribution in [0.2, 0.25) is 0 Å². The van der Waals surface area contributed by atoms with Gasteiger partial charge >= 0.3 is 0 Å². The molecule has 0 bridgehead atoms. The summed E-state index contributed by atoms with van der Waals surface area (Å²) in [6.45, 7) is 2.19. The van der Waals surface area contributed by atoms with E-state index in [9.17, 15) is 0 Å². The molecule has 2 rings (SSSR count). The Morgan fingerprint density at radius 1 is 1.46 bits per heavy atom. The number of rotatable bonds is 1. The summed E-state index contributed by atoms with van der Waals surface area (Å²) >= 11 is 1.82. The van der Waals surface area contributed by atoms with Crippen molar-refractivity contribution in [3.8, 4) is 0 Å². The average Bonchev–Trinajstić information content (AvgIpc) is 2.54. The Bertz CT molecular complexity index is 334. The van der Waals surface area contributed by atoms with Gasteiger partial charge in [0.2, 0.25) is 0 Å². The minimum absolute atomic E-state index is 0.0979. The minimum Gasteiger partial charge on any atom is -0.307 e. The van der Waals surface area contributed by atoms with Gasteiger partial charge in [0.15, 0.2) is 0 Å². The minimum atomic E-state index is 0.0979. The van der Waals surface area contributed by atoms with Crippen LogP contribution in [-0.4, -0.2) is 20.6 Å². The van der Waals surface area contributed by atoms with Crippen LogP contribution >= 0.6 is 11.8 Å². The Balaban J connectivity index is 2.43. The molecule has 0 saturated heterocycles. The van der Waals surface area contributed by atoms with Crippen molar-refractivity contribution in [2.24, 2.45) is 0 Å². The molecule has 0 aliphatic carbocycles. The van der Waals surface area contributed by atoms with E-state index in [-0.39, 0.29) is 4.75 Å². The van der Waals surface area contributed by atoms with E-state index in [0.717, 1.165) is 5.82 Å². The molecule has 1 aromatic heterocycles. The maximum Gasteiger partial charge on any atom is 0.136 e. The second kappa shape index (κ2) is 3.07. The van der Waals surface area contributed by atoms with Gasteiger partial charge in [-0.1, -0.05) is 6.08 Å². The molecule has 3 heteroatoms. The molecule has 0 amide bonds. The van der Waals surface area contributed by atoms with E-state index in [1.807, 2.05) is 28.7 Å². The summed E-state index contributed by atoms with van der Waals surface area (Å²) in [6, 6.07) is 0. The topological polar surface area (TPSA) is 17.8 Å². The van der Waals surface area contributed by atoms with Gasteiger partial charge in [-0.25, -0.2) is 4.98 Å². The fraction of sp³-hybridized carbons (Fsp3) is 0.300. The van der Waals surface area contributed by atoms with E-state index >= 15 is 0 Å². The molecule has 2 nitrogen and oxygen atoms in total. The number of hydrogen-bond donors (Lipinski definition) is 0. The summed E-state index contributed by atoms with van der Waals surface area (Å²) in [5, 5.41) is 0. The van der Waals surface area contributed by atoms with Crippen LogP contribution in [0.3, 0.4) is 0 Å². The van der Waals surface area contributed by atoms with Gasteiger partial charge in [-0.15, -0.1) is 0 Å². The molecule has 0 radical (unpaired) electrons. The normalized spacial score (nSPS) is 25.7. The highest BCUT2D eigenvalue weighted by molar-refractivity contribution is 8.00. The van der Waals surface area contributed by atoms with E-state index in [0.29, 0.717) is 0 Å². The van der Waals surface area contributed by atoms with Crippen LogP contribution < -0.4 is 0 Å². The molecule has 1 aliphatic heterocycles. The monoisotopic (exact) mass is 192 g/mol. The largest absolute Gasteiger partial charge is 0.307 e. The maximum atomic E-state index is 4.23. The van der Waals surface area contributed by atoms with E-state index in [1.54, 1.807) is 0 Å². The van der Waals surface area contributed by atoms with Crippen LogP contribution in [0.15, 0.2) is 24.5 Å². The van der Waals surface area contributed by atoms with E-state index in [4.69, 9.17) is 0 Å². The van der Waals surface area contributed by atoms with Crippen molar-refractivity contribution in [1.29, 1.82) is 0 Å². The molecule has 0 spiro atoms. The highest BCUT2D eigenvalue weighted by atomic mass is 32.2. The smallest absolute Gasteiger partial charge is 0.136 e. The lowest BCUT2D eigenvalue weighted by Gasteiger charge is -2.16. The highest BCUT2D eigenvalue weighted by Crippen LogP contribution is 2.28. The van der Waals surface area contributed by atoms with Gasteiger partial charge in [-0.2, -0.15) is 11.8 Å². The van der Waals surface area contributed by atoms with Crippen molar-refractivity contribution in [3.63, 3.8) is 0 Å². The Labute approximate surface area is 82.4 Å². The van der Waals surface area contributed by atoms with Crippen molar-refractivity contribution in [2.75, 3.05) is 6.26 Å². The predicted molar refractivity (Wildman–Crippen MR) is 58.5 cm³/mol. The van der Waals surface area contributed by atoms with Crippen LogP contribution in [0.4, 0.5) is 0 Å². The lowest BCUT2D eigenvalue weighted by Crippen LogP contribution is -2.10. The molecule has 1 aromatic rings. The number of thioether (sulfide) groups is 1. The number of aromatic nitrogens is 2. The van der Waals surface area contributed by atoms with Crippen molar-refractivity contribution >= 4 is 24.0 Å². The van der Waals surface area contributed by atoms with Gasteiger partial charge in [0.1, 0.15) is 5.82 Å². The zero-order chi connectivity index (χ0) is 9.31. The Hall–Kier alpha value is -0.960. The van der Waals surface area contributed by atoms with E-state index in [2.05, 4.69) is 42.6 Å². The van der Waals surface area contributed by atoms with Crippen molar-refractivity contribution in [2.45, 2.75) is 11.7 Å². The Morgan fingerprint density at radius 3 is 3.08 bits per heavy atom. The quantitative estimate of drug-likeness (QED) is 0.680. The summed E-state index contributed by atoms with van der Waals surface area (Å²) in [6.07, 6.45) is 14.4. The van der Waals surface area contributed by atoms with Crippen LogP contribution in [0.25, 0.3) is 12.3 Å². The summed E-state index contributed by atoms with van der Waals surface area (Å²) in [7, 11) is 0. The zero-order valence-electron chi connectivity index (χ0n) is 7.77. The van der Waals surface area contributed by atoms with Gasteiger partial charge in [0.25, 0.3) is 0 Å². The first-order valence-corrected chi connectivity index (χ1v) is 5.42. The lowest BCUT2D eigenvalue weighted by atomic mass is 10.1. The van der Waals surface area contributed by atoms with E-state index in [1.165, 1.54) is 0 Å². The molecule has 0 fully saturated rings. The number of hydrogen-bond acceptors (Lipinski definition) is 2. The maximum absolute atomic E-state index is 4.23. The average molecular weight is 192 g/mol. The number of fused-ring (bicyclic) bond motifs is 1. The predicted octanol–water partition coefficient (Wildman–Crippen LogP) is 2.50. The first-order chi connectivity index (χ1) is 6.23.